The maximum absolute atomic E-state index is 10.0. The highest BCUT2D eigenvalue weighted by molar-refractivity contribution is 6.55. The number of para-hydroxylation sites is 1. The van der Waals surface area contributed by atoms with Crippen molar-refractivity contribution in [3.63, 3.8) is 0 Å². The summed E-state index contributed by atoms with van der Waals surface area (Å²) in [5, 5.41) is 19.0. The molecule has 0 atom stereocenters. The largest absolute Gasteiger partial charge is 0.505 e. The normalized spacial score (nSPS) is 9.76. The Hall–Kier alpha value is -0.910. The summed E-state index contributed by atoms with van der Waals surface area (Å²) < 4.78 is 0. The minimum absolute atomic E-state index is 0.00904. The molecule has 0 aliphatic heterocycles. The Kier molecular flexibility index (Phi) is 6.84. The van der Waals surface area contributed by atoms with Gasteiger partial charge in [-0.05, 0) is 0 Å². The van der Waals surface area contributed by atoms with Crippen molar-refractivity contribution in [3.05, 3.63) is 65.6 Å². The third kappa shape index (κ3) is 4.53. The first-order chi connectivity index (χ1) is 9.77. The van der Waals surface area contributed by atoms with Crippen LogP contribution in [0.4, 0.5) is 5.69 Å². The van der Waals surface area contributed by atoms with E-state index in [4.69, 9.17) is 58.0 Å². The molecule has 21 heavy (non-hydrogen) atoms. The molecule has 0 heterocycles. The van der Waals surface area contributed by atoms with Crippen LogP contribution in [0.25, 0.3) is 0 Å². The molecule has 0 radical (unpaired) electrons. The molecule has 2 aromatic rings. The average Bonchev–Trinajstić information content (AvgIpc) is 2.50. The Bertz CT molecular complexity index is 559. The maximum Gasteiger partial charge on any atom is 0.269 e. The molecule has 1 N–H and O–H groups in total. The summed E-state index contributed by atoms with van der Waals surface area (Å²) in [6, 6.07) is 7.93. The Labute approximate surface area is 144 Å². The van der Waals surface area contributed by atoms with E-state index in [0.29, 0.717) is 0 Å². The number of benzene rings is 2. The minimum atomic E-state index is -0.417. The predicted molar refractivity (Wildman–Crippen MR) is 86.3 cm³/mol. The molecule has 112 valence electrons. The lowest BCUT2D eigenvalue weighted by Crippen LogP contribution is -1.84. The lowest BCUT2D eigenvalue weighted by Gasteiger charge is -2.06. The molecular formula is C12H6Cl5NO3. The van der Waals surface area contributed by atoms with Gasteiger partial charge >= 0.3 is 0 Å². The molecule has 0 saturated heterocycles. The van der Waals surface area contributed by atoms with Gasteiger partial charge in [0, 0.05) is 12.1 Å². The van der Waals surface area contributed by atoms with Gasteiger partial charge in [0.2, 0.25) is 0 Å². The summed E-state index contributed by atoms with van der Waals surface area (Å²) in [6.45, 7) is 0. The first kappa shape index (κ1) is 18.1. The predicted octanol–water partition coefficient (Wildman–Crippen LogP) is 6.25. The monoisotopic (exact) mass is 387 g/mol. The lowest BCUT2D eigenvalue weighted by atomic mass is 10.3. The van der Waals surface area contributed by atoms with Crippen LogP contribution in [0.5, 0.6) is 5.75 Å². The van der Waals surface area contributed by atoms with Crippen molar-refractivity contribution in [2.24, 2.45) is 0 Å². The van der Waals surface area contributed by atoms with E-state index in [1.807, 2.05) is 0 Å². The van der Waals surface area contributed by atoms with E-state index in [9.17, 15) is 15.2 Å². The van der Waals surface area contributed by atoms with E-state index in [-0.39, 0.29) is 36.6 Å². The minimum Gasteiger partial charge on any atom is -0.505 e. The van der Waals surface area contributed by atoms with E-state index in [1.54, 1.807) is 18.2 Å². The molecule has 0 amide bonds. The third-order valence-corrected chi connectivity index (χ3v) is 4.41. The quantitative estimate of drug-likeness (QED) is 0.271. The van der Waals surface area contributed by atoms with Crippen LogP contribution in [0.1, 0.15) is 0 Å². The molecule has 0 saturated carbocycles. The highest BCUT2D eigenvalue weighted by atomic mass is 35.5. The number of hydrogen-bond acceptors (Lipinski definition) is 3. The van der Waals surface area contributed by atoms with E-state index >= 15 is 0 Å². The highest BCUT2D eigenvalue weighted by Crippen LogP contribution is 2.47. The van der Waals surface area contributed by atoms with Crippen LogP contribution >= 0.6 is 58.0 Å². The Balaban J connectivity index is 0.000000219. The number of nitrogens with zero attached hydrogens (tertiary/aromatic N) is 1. The number of phenols is 1. The van der Waals surface area contributed by atoms with Gasteiger partial charge in [-0.15, -0.1) is 0 Å². The fourth-order valence-corrected chi connectivity index (χ4v) is 2.27. The smallest absolute Gasteiger partial charge is 0.269 e. The highest BCUT2D eigenvalue weighted by Gasteiger charge is 2.18. The molecule has 2 aromatic carbocycles. The molecule has 0 unspecified atom stereocenters. The number of halogens is 5. The van der Waals surface area contributed by atoms with Crippen molar-refractivity contribution in [1.82, 2.24) is 0 Å². The summed E-state index contributed by atoms with van der Waals surface area (Å²) in [6.07, 6.45) is 0. The fourth-order valence-electron chi connectivity index (χ4n) is 1.14. The van der Waals surface area contributed by atoms with Crippen LogP contribution in [0.2, 0.25) is 25.1 Å². The van der Waals surface area contributed by atoms with Crippen LogP contribution in [0.15, 0.2) is 30.3 Å². The van der Waals surface area contributed by atoms with Crippen LogP contribution in [-0.2, 0) is 0 Å². The first-order valence-corrected chi connectivity index (χ1v) is 7.06. The van der Waals surface area contributed by atoms with E-state index < -0.39 is 4.92 Å². The first-order valence-electron chi connectivity index (χ1n) is 5.17. The van der Waals surface area contributed by atoms with Crippen molar-refractivity contribution in [2.75, 3.05) is 0 Å². The number of non-ortho nitro benzene ring substituents is 1. The van der Waals surface area contributed by atoms with E-state index in [0.717, 1.165) is 0 Å². The van der Waals surface area contributed by atoms with Gasteiger partial charge in [0.05, 0.1) is 20.0 Å². The van der Waals surface area contributed by atoms with E-state index in [2.05, 4.69) is 0 Å². The van der Waals surface area contributed by atoms with Crippen molar-refractivity contribution < 1.29 is 10.0 Å². The van der Waals surface area contributed by atoms with Gasteiger partial charge in [-0.25, -0.2) is 0 Å². The van der Waals surface area contributed by atoms with Gasteiger partial charge in [0.1, 0.15) is 10.0 Å². The summed E-state index contributed by atoms with van der Waals surface area (Å²) in [7, 11) is 0. The van der Waals surface area contributed by atoms with Crippen LogP contribution in [0, 0.1) is 10.1 Å². The Morgan fingerprint density at radius 2 is 1.19 bits per heavy atom. The van der Waals surface area contributed by atoms with Crippen molar-refractivity contribution in [2.45, 2.75) is 0 Å². The zero-order chi connectivity index (χ0) is 16.2. The molecule has 0 aliphatic rings. The molecule has 0 spiro atoms. The van der Waals surface area contributed by atoms with Gasteiger partial charge in [-0.2, -0.15) is 0 Å². The van der Waals surface area contributed by atoms with Crippen molar-refractivity contribution in [3.8, 4) is 5.75 Å². The maximum atomic E-state index is 10.0. The standard InChI is InChI=1S/C6HCl5O.C6H5NO2/c7-1-2(8)4(10)6(12)5(11)3(1)9;8-7(9)6-4-2-1-3-5-6/h12H;1-5H. The molecule has 0 fully saturated rings. The number of aromatic hydroxyl groups is 1. The van der Waals surface area contributed by atoms with Gasteiger partial charge in [0.15, 0.2) is 5.75 Å². The number of rotatable bonds is 1. The molecule has 2 rings (SSSR count). The van der Waals surface area contributed by atoms with Gasteiger partial charge in [-0.3, -0.25) is 10.1 Å². The topological polar surface area (TPSA) is 63.4 Å². The molecule has 9 heteroatoms. The zero-order valence-electron chi connectivity index (χ0n) is 9.99. The second-order valence-corrected chi connectivity index (χ2v) is 5.40. The average molecular weight is 389 g/mol. The number of nitro benzene ring substituents is 1. The Morgan fingerprint density at radius 1 is 0.810 bits per heavy atom. The summed E-state index contributed by atoms with van der Waals surface area (Å²) in [5.41, 5.74) is 0.137. The van der Waals surface area contributed by atoms with Gasteiger partial charge in [-0.1, -0.05) is 76.2 Å². The van der Waals surface area contributed by atoms with E-state index in [1.165, 1.54) is 12.1 Å². The van der Waals surface area contributed by atoms with Crippen molar-refractivity contribution >= 4 is 63.7 Å². The van der Waals surface area contributed by atoms with Crippen molar-refractivity contribution in [1.29, 1.82) is 0 Å². The molecule has 0 aromatic heterocycles. The zero-order valence-corrected chi connectivity index (χ0v) is 13.8. The van der Waals surface area contributed by atoms with Crippen LogP contribution < -0.4 is 0 Å². The fraction of sp³-hybridized carbons (Fsp3) is 0. The SMILES string of the molecule is O=[N+]([O-])c1ccccc1.Oc1c(Cl)c(Cl)c(Cl)c(Cl)c1Cl. The molecular weight excluding hydrogens is 383 g/mol. The number of hydrogen-bond donors (Lipinski definition) is 1. The second kappa shape index (κ2) is 7.92. The second-order valence-electron chi connectivity index (χ2n) is 3.51. The third-order valence-electron chi connectivity index (χ3n) is 2.15. The molecule has 4 nitrogen and oxygen atoms in total. The summed E-state index contributed by atoms with van der Waals surface area (Å²) in [4.78, 5) is 9.59. The van der Waals surface area contributed by atoms with Crippen LogP contribution in [-0.4, -0.2) is 10.0 Å². The number of phenolic OH excluding ortho intramolecular Hbond substituents is 1. The van der Waals surface area contributed by atoms with Gasteiger partial charge < -0.3 is 5.11 Å². The molecule has 0 bridgehead atoms. The van der Waals surface area contributed by atoms with Crippen LogP contribution in [0.3, 0.4) is 0 Å². The number of nitro groups is 1. The summed E-state index contributed by atoms with van der Waals surface area (Å²) >= 11 is 27.9. The molecule has 0 aliphatic carbocycles. The van der Waals surface area contributed by atoms with Gasteiger partial charge in [0.25, 0.3) is 5.69 Å². The Morgan fingerprint density at radius 3 is 1.52 bits per heavy atom. The summed E-state index contributed by atoms with van der Waals surface area (Å²) in [5.74, 6) is -0.363. The lowest BCUT2D eigenvalue weighted by molar-refractivity contribution is -0.384.